The van der Waals surface area contributed by atoms with Crippen LogP contribution in [0.25, 0.3) is 0 Å². The van der Waals surface area contributed by atoms with Gasteiger partial charge in [0.15, 0.2) is 5.78 Å². The predicted molar refractivity (Wildman–Crippen MR) is 113 cm³/mol. The number of carbonyl (C=O) groups excluding carboxylic acids is 1. The van der Waals surface area contributed by atoms with Gasteiger partial charge in [0.25, 0.3) is 0 Å². The number of rotatable bonds is 10. The molecule has 0 amide bonds. The fourth-order valence-corrected chi connectivity index (χ4v) is 3.17. The zero-order valence-electron chi connectivity index (χ0n) is 15.9. The zero-order chi connectivity index (χ0) is 20.5. The number of aliphatic hydroxyl groups is 1. The first-order valence-corrected chi connectivity index (χ1v) is 9.75. The summed E-state index contributed by atoms with van der Waals surface area (Å²) in [5.74, 6) is -0.343. The molecule has 1 N–H and O–H groups in total. The summed E-state index contributed by atoms with van der Waals surface area (Å²) in [4.78, 5) is 12.8. The highest BCUT2D eigenvalue weighted by Crippen LogP contribution is 2.27. The Morgan fingerprint density at radius 1 is 0.828 bits per heavy atom. The van der Waals surface area contributed by atoms with Crippen LogP contribution >= 0.6 is 11.6 Å². The number of aliphatic hydroxyl groups excluding tert-OH is 1. The predicted octanol–water partition coefficient (Wildman–Crippen LogP) is 4.74. The fraction of sp³-hybridized carbons (Fsp3) is 0.208. The first-order chi connectivity index (χ1) is 14.1. The summed E-state index contributed by atoms with van der Waals surface area (Å²) >= 11 is 6.21. The summed E-state index contributed by atoms with van der Waals surface area (Å²) in [7, 11) is 0. The molecule has 0 aromatic heterocycles. The average molecular weight is 411 g/mol. The van der Waals surface area contributed by atoms with E-state index in [1.54, 1.807) is 24.3 Å². The summed E-state index contributed by atoms with van der Waals surface area (Å²) in [5, 5.41) is 11.2. The van der Waals surface area contributed by atoms with Crippen molar-refractivity contribution < 1.29 is 19.4 Å². The zero-order valence-corrected chi connectivity index (χ0v) is 16.7. The highest BCUT2D eigenvalue weighted by atomic mass is 35.5. The molecular formula is C24H23ClO4. The van der Waals surface area contributed by atoms with Gasteiger partial charge in [-0.2, -0.15) is 0 Å². The molecule has 0 radical (unpaired) electrons. The van der Waals surface area contributed by atoms with Crippen molar-refractivity contribution in [1.29, 1.82) is 0 Å². The number of benzene rings is 3. The van der Waals surface area contributed by atoms with Gasteiger partial charge in [-0.1, -0.05) is 90.5 Å². The first kappa shape index (κ1) is 21.2. The van der Waals surface area contributed by atoms with Crippen molar-refractivity contribution in [1.82, 2.24) is 0 Å². The third kappa shape index (κ3) is 6.24. The van der Waals surface area contributed by atoms with Crippen molar-refractivity contribution in [2.45, 2.75) is 25.4 Å². The Balaban J connectivity index is 1.68. The number of hydrogen-bond acceptors (Lipinski definition) is 4. The lowest BCUT2D eigenvalue weighted by Gasteiger charge is -2.23. The molecule has 3 aromatic carbocycles. The van der Waals surface area contributed by atoms with Crippen molar-refractivity contribution >= 4 is 17.4 Å². The molecule has 0 saturated heterocycles. The number of ketones is 1. The molecule has 150 valence electrons. The maximum absolute atomic E-state index is 12.8. The van der Waals surface area contributed by atoms with Crippen molar-refractivity contribution in [3.8, 4) is 0 Å². The van der Waals surface area contributed by atoms with Crippen molar-refractivity contribution in [3.05, 3.63) is 107 Å². The van der Waals surface area contributed by atoms with Crippen LogP contribution in [0.1, 0.15) is 22.8 Å². The van der Waals surface area contributed by atoms with E-state index in [9.17, 15) is 9.90 Å². The lowest BCUT2D eigenvalue weighted by Crippen LogP contribution is -2.34. The maximum Gasteiger partial charge on any atom is 0.190 e. The van der Waals surface area contributed by atoms with E-state index in [0.717, 1.165) is 11.1 Å². The Morgan fingerprint density at radius 2 is 1.38 bits per heavy atom. The highest BCUT2D eigenvalue weighted by Gasteiger charge is 2.30. The van der Waals surface area contributed by atoms with Crippen molar-refractivity contribution in [3.63, 3.8) is 0 Å². The standard InChI is InChI=1S/C24H23ClO4/c25-21-14-8-7-13-20(21)23(27)24(29-16-19-11-5-2-6-12-19)22(26)17-28-15-18-9-3-1-4-10-18/h1-14,23-24,27H,15-17H2/t23-,24-/m0/s1. The topological polar surface area (TPSA) is 55.8 Å². The molecule has 0 aliphatic heterocycles. The molecule has 0 heterocycles. The molecule has 0 spiro atoms. The smallest absolute Gasteiger partial charge is 0.190 e. The lowest BCUT2D eigenvalue weighted by molar-refractivity contribution is -0.145. The molecule has 0 fully saturated rings. The Kier molecular flexibility index (Phi) is 7.96. The molecule has 0 unspecified atom stereocenters. The van der Waals surface area contributed by atoms with E-state index >= 15 is 0 Å². The summed E-state index contributed by atoms with van der Waals surface area (Å²) < 4.78 is 11.4. The van der Waals surface area contributed by atoms with Gasteiger partial charge in [0.1, 0.15) is 18.8 Å². The molecule has 3 aromatic rings. The van der Waals surface area contributed by atoms with Crippen LogP contribution in [0, 0.1) is 0 Å². The van der Waals surface area contributed by atoms with E-state index in [4.69, 9.17) is 21.1 Å². The second-order valence-corrected chi connectivity index (χ2v) is 7.04. The van der Waals surface area contributed by atoms with E-state index in [2.05, 4.69) is 0 Å². The van der Waals surface area contributed by atoms with Gasteiger partial charge in [-0.25, -0.2) is 0 Å². The van der Waals surface area contributed by atoms with Gasteiger partial charge in [0, 0.05) is 10.6 Å². The largest absolute Gasteiger partial charge is 0.385 e. The maximum atomic E-state index is 12.8. The van der Waals surface area contributed by atoms with Crippen LogP contribution < -0.4 is 0 Å². The normalized spacial score (nSPS) is 13.0. The number of Topliss-reactive ketones (excluding diaryl/α,β-unsaturated/α-hetero) is 1. The molecule has 5 heteroatoms. The van der Waals surface area contributed by atoms with Crippen LogP contribution in [0.2, 0.25) is 5.02 Å². The van der Waals surface area contributed by atoms with Gasteiger partial charge in [-0.05, 0) is 17.2 Å². The number of halogens is 1. The van der Waals surface area contributed by atoms with Crippen molar-refractivity contribution in [2.24, 2.45) is 0 Å². The number of ether oxygens (including phenoxy) is 2. The Morgan fingerprint density at radius 3 is 2.00 bits per heavy atom. The Hall–Kier alpha value is -2.50. The lowest BCUT2D eigenvalue weighted by atomic mass is 10.0. The Bertz CT molecular complexity index is 899. The van der Waals surface area contributed by atoms with E-state index in [1.807, 2.05) is 60.7 Å². The molecule has 0 aliphatic carbocycles. The summed E-state index contributed by atoms with van der Waals surface area (Å²) in [6.07, 6.45) is -2.29. The molecule has 0 saturated carbocycles. The number of hydrogen-bond donors (Lipinski definition) is 1. The van der Waals surface area contributed by atoms with E-state index in [0.29, 0.717) is 17.2 Å². The van der Waals surface area contributed by atoms with Gasteiger partial charge in [0.2, 0.25) is 0 Å². The summed E-state index contributed by atoms with van der Waals surface area (Å²) in [6, 6.07) is 26.0. The molecule has 4 nitrogen and oxygen atoms in total. The van der Waals surface area contributed by atoms with Gasteiger partial charge in [-0.15, -0.1) is 0 Å². The fourth-order valence-electron chi connectivity index (χ4n) is 2.92. The molecular weight excluding hydrogens is 388 g/mol. The summed E-state index contributed by atoms with van der Waals surface area (Å²) in [6.45, 7) is 0.327. The van der Waals surface area contributed by atoms with E-state index in [1.165, 1.54) is 0 Å². The third-order valence-corrected chi connectivity index (χ3v) is 4.80. The second kappa shape index (κ2) is 10.9. The van der Waals surface area contributed by atoms with Crippen molar-refractivity contribution in [2.75, 3.05) is 6.61 Å². The Labute approximate surface area is 175 Å². The van der Waals surface area contributed by atoms with Crippen LogP contribution in [0.3, 0.4) is 0 Å². The van der Waals surface area contributed by atoms with Crippen LogP contribution in [0.4, 0.5) is 0 Å². The van der Waals surface area contributed by atoms with Crippen LogP contribution in [-0.2, 0) is 27.5 Å². The first-order valence-electron chi connectivity index (χ1n) is 9.37. The monoisotopic (exact) mass is 410 g/mol. The second-order valence-electron chi connectivity index (χ2n) is 6.63. The molecule has 29 heavy (non-hydrogen) atoms. The third-order valence-electron chi connectivity index (χ3n) is 4.46. The van der Waals surface area contributed by atoms with E-state index in [-0.39, 0.29) is 19.0 Å². The minimum Gasteiger partial charge on any atom is -0.385 e. The van der Waals surface area contributed by atoms with E-state index < -0.39 is 12.2 Å². The minimum atomic E-state index is -1.19. The van der Waals surface area contributed by atoms with Gasteiger partial charge < -0.3 is 14.6 Å². The van der Waals surface area contributed by atoms with Crippen LogP contribution in [0.5, 0.6) is 0 Å². The quantitative estimate of drug-likeness (QED) is 0.524. The van der Waals surface area contributed by atoms with Crippen LogP contribution in [0.15, 0.2) is 84.9 Å². The molecule has 3 rings (SSSR count). The molecule has 2 atom stereocenters. The minimum absolute atomic E-state index is 0.171. The summed E-state index contributed by atoms with van der Waals surface area (Å²) in [5.41, 5.74) is 2.32. The number of carbonyl (C=O) groups is 1. The SMILES string of the molecule is O=C(COCc1ccccc1)[C@H](OCc1ccccc1)[C@@H](O)c1ccccc1Cl. The molecule has 0 bridgehead atoms. The van der Waals surface area contributed by atoms with Gasteiger partial charge in [-0.3, -0.25) is 4.79 Å². The molecule has 0 aliphatic rings. The van der Waals surface area contributed by atoms with Crippen LogP contribution in [-0.4, -0.2) is 23.6 Å². The van der Waals surface area contributed by atoms with Gasteiger partial charge >= 0.3 is 0 Å². The van der Waals surface area contributed by atoms with Gasteiger partial charge in [0.05, 0.1) is 13.2 Å². The average Bonchev–Trinajstić information content (AvgIpc) is 2.75. The highest BCUT2D eigenvalue weighted by molar-refractivity contribution is 6.31.